The summed E-state index contributed by atoms with van der Waals surface area (Å²) >= 11 is 0. The molecule has 5 nitrogen and oxygen atoms in total. The largest absolute Gasteiger partial charge is 0.497 e. The van der Waals surface area contributed by atoms with Crippen LogP contribution in [-0.2, 0) is 16.6 Å². The zero-order chi connectivity index (χ0) is 26.0. The molecule has 1 heterocycles. The SMILES string of the molecule is COc1ccc(CCC(O)c2c(C)noc2-c2ccc(-c3ccc(C4(CC(C)=O)CC4)cc3)cc2)cc1. The molecule has 0 spiro atoms. The molecular weight excluding hydrogens is 462 g/mol. The van der Waals surface area contributed by atoms with E-state index in [9.17, 15) is 9.90 Å². The number of hydrogen-bond acceptors (Lipinski definition) is 5. The molecule has 190 valence electrons. The van der Waals surface area contributed by atoms with E-state index in [0.717, 1.165) is 52.8 Å². The Kier molecular flexibility index (Phi) is 6.98. The van der Waals surface area contributed by atoms with Gasteiger partial charge in [-0.25, -0.2) is 0 Å². The zero-order valence-electron chi connectivity index (χ0n) is 21.7. The minimum atomic E-state index is -0.680. The van der Waals surface area contributed by atoms with Gasteiger partial charge in [0.2, 0.25) is 0 Å². The average Bonchev–Trinajstić information content (AvgIpc) is 3.59. The quantitative estimate of drug-likeness (QED) is 0.256. The maximum Gasteiger partial charge on any atom is 0.172 e. The Balaban J connectivity index is 1.29. The van der Waals surface area contributed by atoms with Gasteiger partial charge >= 0.3 is 0 Å². The molecule has 1 aliphatic carbocycles. The first-order valence-corrected chi connectivity index (χ1v) is 12.9. The first kappa shape index (κ1) is 25.0. The summed E-state index contributed by atoms with van der Waals surface area (Å²) in [6.45, 7) is 3.55. The lowest BCUT2D eigenvalue weighted by molar-refractivity contribution is -0.117. The van der Waals surface area contributed by atoms with Crippen molar-refractivity contribution in [3.05, 3.63) is 95.2 Å². The Bertz CT molecular complexity index is 1360. The summed E-state index contributed by atoms with van der Waals surface area (Å²) in [5, 5.41) is 15.2. The van der Waals surface area contributed by atoms with E-state index in [1.54, 1.807) is 14.0 Å². The third kappa shape index (κ3) is 5.37. The van der Waals surface area contributed by atoms with E-state index in [-0.39, 0.29) is 11.2 Å². The number of Topliss-reactive ketones (excluding diaryl/α,β-unsaturated/α-hetero) is 1. The highest BCUT2D eigenvalue weighted by Gasteiger charge is 2.44. The number of benzene rings is 3. The summed E-state index contributed by atoms with van der Waals surface area (Å²) in [7, 11) is 1.65. The number of carbonyl (C=O) groups excluding carboxylic acids is 1. The fourth-order valence-electron chi connectivity index (χ4n) is 5.24. The van der Waals surface area contributed by atoms with Crippen LogP contribution in [0.5, 0.6) is 5.75 Å². The third-order valence-corrected chi connectivity index (χ3v) is 7.53. The van der Waals surface area contributed by atoms with Crippen LogP contribution in [0, 0.1) is 6.92 Å². The maximum atomic E-state index is 11.7. The first-order valence-electron chi connectivity index (χ1n) is 12.9. The highest BCUT2D eigenvalue weighted by Crippen LogP contribution is 2.51. The Labute approximate surface area is 218 Å². The van der Waals surface area contributed by atoms with Crippen LogP contribution < -0.4 is 4.74 Å². The molecule has 1 aromatic heterocycles. The molecule has 0 bridgehead atoms. The molecule has 5 rings (SSSR count). The fraction of sp³-hybridized carbons (Fsp3) is 0.312. The van der Waals surface area contributed by atoms with Gasteiger partial charge in [0.1, 0.15) is 11.5 Å². The second kappa shape index (κ2) is 10.3. The van der Waals surface area contributed by atoms with Crippen LogP contribution in [0.4, 0.5) is 0 Å². The summed E-state index contributed by atoms with van der Waals surface area (Å²) < 4.78 is 10.9. The molecule has 1 fully saturated rings. The molecule has 0 radical (unpaired) electrons. The minimum Gasteiger partial charge on any atom is -0.497 e. The number of hydrogen-bond donors (Lipinski definition) is 1. The van der Waals surface area contributed by atoms with Gasteiger partial charge < -0.3 is 14.4 Å². The Morgan fingerprint density at radius 3 is 2.14 bits per heavy atom. The van der Waals surface area contributed by atoms with E-state index in [1.165, 1.54) is 5.56 Å². The average molecular weight is 496 g/mol. The Hall–Kier alpha value is -3.70. The van der Waals surface area contributed by atoms with Crippen LogP contribution >= 0.6 is 0 Å². The van der Waals surface area contributed by atoms with Crippen LogP contribution in [0.2, 0.25) is 0 Å². The number of aryl methyl sites for hydroxylation is 2. The van der Waals surface area contributed by atoms with Crippen molar-refractivity contribution < 1.29 is 19.2 Å². The summed E-state index contributed by atoms with van der Waals surface area (Å²) in [4.78, 5) is 11.7. The molecule has 0 amide bonds. The lowest BCUT2D eigenvalue weighted by Gasteiger charge is -2.14. The van der Waals surface area contributed by atoms with Crippen molar-refractivity contribution in [2.24, 2.45) is 0 Å². The van der Waals surface area contributed by atoms with Gasteiger partial charge in [-0.2, -0.15) is 0 Å². The number of aromatic nitrogens is 1. The van der Waals surface area contributed by atoms with Crippen molar-refractivity contribution >= 4 is 5.78 Å². The molecular formula is C32H33NO4. The topological polar surface area (TPSA) is 72.6 Å². The van der Waals surface area contributed by atoms with E-state index >= 15 is 0 Å². The smallest absolute Gasteiger partial charge is 0.172 e. The number of rotatable bonds is 10. The van der Waals surface area contributed by atoms with Crippen LogP contribution in [0.15, 0.2) is 77.3 Å². The monoisotopic (exact) mass is 495 g/mol. The van der Waals surface area contributed by atoms with Crippen molar-refractivity contribution in [2.45, 2.75) is 57.5 Å². The normalized spacial score (nSPS) is 14.8. The number of aliphatic hydroxyl groups excluding tert-OH is 1. The second-order valence-corrected chi connectivity index (χ2v) is 10.2. The van der Waals surface area contributed by atoms with E-state index in [0.29, 0.717) is 24.3 Å². The van der Waals surface area contributed by atoms with Crippen LogP contribution in [0.1, 0.15) is 61.1 Å². The molecule has 1 N–H and O–H groups in total. The molecule has 0 saturated heterocycles. The molecule has 1 atom stereocenters. The van der Waals surface area contributed by atoms with Crippen molar-refractivity contribution in [3.8, 4) is 28.2 Å². The van der Waals surface area contributed by atoms with Gasteiger partial charge in [-0.15, -0.1) is 0 Å². The predicted molar refractivity (Wildman–Crippen MR) is 145 cm³/mol. The zero-order valence-corrected chi connectivity index (χ0v) is 21.7. The lowest BCUT2D eigenvalue weighted by Crippen LogP contribution is -2.11. The highest BCUT2D eigenvalue weighted by atomic mass is 16.5. The molecule has 1 saturated carbocycles. The van der Waals surface area contributed by atoms with Crippen LogP contribution in [0.3, 0.4) is 0 Å². The molecule has 4 aromatic rings. The number of carbonyl (C=O) groups is 1. The van der Waals surface area contributed by atoms with E-state index in [1.807, 2.05) is 43.3 Å². The molecule has 37 heavy (non-hydrogen) atoms. The van der Waals surface area contributed by atoms with Crippen molar-refractivity contribution in [2.75, 3.05) is 7.11 Å². The Morgan fingerprint density at radius 1 is 0.973 bits per heavy atom. The third-order valence-electron chi connectivity index (χ3n) is 7.53. The van der Waals surface area contributed by atoms with Gasteiger partial charge in [-0.3, -0.25) is 4.79 Å². The number of aliphatic hydroxyl groups is 1. The standard InChI is InChI=1S/C32H33NO4/c1-21(34)20-32(18-19-32)27-13-11-25(12-14-27)24-7-9-26(10-8-24)31-30(22(2)33-37-31)29(35)17-6-23-4-15-28(36-3)16-5-23/h4-5,7-16,29,35H,6,17-20H2,1-3H3. The number of ether oxygens (including phenoxy) is 1. The second-order valence-electron chi connectivity index (χ2n) is 10.2. The van der Waals surface area contributed by atoms with Gasteiger partial charge in [0.25, 0.3) is 0 Å². The summed E-state index contributed by atoms with van der Waals surface area (Å²) in [6.07, 6.45) is 3.43. The predicted octanol–water partition coefficient (Wildman–Crippen LogP) is 7.00. The van der Waals surface area contributed by atoms with Crippen molar-refractivity contribution in [3.63, 3.8) is 0 Å². The lowest BCUT2D eigenvalue weighted by atomic mass is 9.89. The fourth-order valence-corrected chi connectivity index (χ4v) is 5.24. The molecule has 0 aliphatic heterocycles. The van der Waals surface area contributed by atoms with E-state index < -0.39 is 6.10 Å². The first-order chi connectivity index (χ1) is 17.9. The van der Waals surface area contributed by atoms with E-state index in [2.05, 4.69) is 41.6 Å². The molecule has 1 aliphatic rings. The van der Waals surface area contributed by atoms with Gasteiger partial charge in [-0.1, -0.05) is 65.8 Å². The highest BCUT2D eigenvalue weighted by molar-refractivity contribution is 5.78. The maximum absolute atomic E-state index is 11.7. The summed E-state index contributed by atoms with van der Waals surface area (Å²) in [6, 6.07) is 24.7. The number of methoxy groups -OCH3 is 1. The molecule has 5 heteroatoms. The van der Waals surface area contributed by atoms with Crippen molar-refractivity contribution in [1.82, 2.24) is 5.16 Å². The van der Waals surface area contributed by atoms with Crippen molar-refractivity contribution in [1.29, 1.82) is 0 Å². The van der Waals surface area contributed by atoms with Crippen LogP contribution in [-0.4, -0.2) is 23.2 Å². The van der Waals surface area contributed by atoms with Gasteiger partial charge in [-0.05, 0) is 73.9 Å². The summed E-state index contributed by atoms with van der Waals surface area (Å²) in [5.74, 6) is 1.69. The van der Waals surface area contributed by atoms with Gasteiger partial charge in [0.15, 0.2) is 5.76 Å². The van der Waals surface area contributed by atoms with Gasteiger partial charge in [0, 0.05) is 17.4 Å². The van der Waals surface area contributed by atoms with E-state index in [4.69, 9.17) is 9.26 Å². The molecule has 1 unspecified atom stereocenters. The summed E-state index contributed by atoms with van der Waals surface area (Å²) in [5.41, 5.74) is 7.02. The number of ketones is 1. The molecule has 3 aromatic carbocycles. The minimum absolute atomic E-state index is 0.0585. The Morgan fingerprint density at radius 2 is 1.57 bits per heavy atom. The van der Waals surface area contributed by atoms with Gasteiger partial charge in [0.05, 0.1) is 24.5 Å². The number of nitrogens with zero attached hydrogens (tertiary/aromatic N) is 1. The van der Waals surface area contributed by atoms with Crippen LogP contribution in [0.25, 0.3) is 22.5 Å².